The van der Waals surface area contributed by atoms with Crippen LogP contribution in [0.1, 0.15) is 29.1 Å². The van der Waals surface area contributed by atoms with Gasteiger partial charge in [0.25, 0.3) is 11.5 Å². The average molecular weight is 319 g/mol. The molecule has 0 radical (unpaired) electrons. The lowest BCUT2D eigenvalue weighted by molar-refractivity contribution is -0.120. The Bertz CT molecular complexity index is 763. The molecule has 0 aliphatic carbocycles. The Kier molecular flexibility index (Phi) is 5.22. The molecule has 0 aromatic carbocycles. The maximum Gasteiger partial charge on any atom is 0.274 e. The number of aryl methyl sites for hydroxylation is 2. The Balaban J connectivity index is 2.20. The van der Waals surface area contributed by atoms with Gasteiger partial charge >= 0.3 is 0 Å². The second-order valence-electron chi connectivity index (χ2n) is 5.26. The fourth-order valence-corrected chi connectivity index (χ4v) is 2.26. The predicted octanol–water partition coefficient (Wildman–Crippen LogP) is -0.717. The van der Waals surface area contributed by atoms with Gasteiger partial charge in [0, 0.05) is 25.2 Å². The fraction of sp³-hybridized carbons (Fsp3) is 0.500. The summed E-state index contributed by atoms with van der Waals surface area (Å²) in [6, 6.07) is 0. The topological polar surface area (TPSA) is 132 Å². The van der Waals surface area contributed by atoms with Gasteiger partial charge in [-0.05, 0) is 32.8 Å². The van der Waals surface area contributed by atoms with Crippen molar-refractivity contribution in [3.05, 3.63) is 33.0 Å². The molecule has 2 heterocycles. The van der Waals surface area contributed by atoms with E-state index in [4.69, 9.17) is 5.73 Å². The standard InChI is InChI=1S/C14H21N7O2/c1-8-11(4-5-12(22)16-7-6-15)10(3)21(20-8)14-17-13(23)9(2)18-19-14/h4-7,15H2,1-3H3,(H,16,22)(H,17,19,23). The zero-order valence-electron chi connectivity index (χ0n) is 13.5. The maximum atomic E-state index is 11.7. The molecule has 0 spiro atoms. The molecule has 2 aromatic rings. The van der Waals surface area contributed by atoms with Gasteiger partial charge in [-0.15, -0.1) is 10.2 Å². The molecule has 0 aliphatic heterocycles. The van der Waals surface area contributed by atoms with Crippen LogP contribution in [-0.2, 0) is 11.2 Å². The Morgan fingerprint density at radius 1 is 1.26 bits per heavy atom. The molecule has 4 N–H and O–H groups in total. The predicted molar refractivity (Wildman–Crippen MR) is 84.4 cm³/mol. The lowest BCUT2D eigenvalue weighted by Gasteiger charge is -2.05. The van der Waals surface area contributed by atoms with Crippen LogP contribution in [0.25, 0.3) is 5.95 Å². The van der Waals surface area contributed by atoms with Crippen molar-refractivity contribution in [3.63, 3.8) is 0 Å². The lowest BCUT2D eigenvalue weighted by Crippen LogP contribution is -2.29. The van der Waals surface area contributed by atoms with E-state index in [9.17, 15) is 9.59 Å². The van der Waals surface area contributed by atoms with E-state index >= 15 is 0 Å². The molecule has 0 atom stereocenters. The molecular formula is C14H21N7O2. The maximum absolute atomic E-state index is 11.7. The summed E-state index contributed by atoms with van der Waals surface area (Å²) in [5.41, 5.74) is 7.92. The monoisotopic (exact) mass is 319 g/mol. The third-order valence-electron chi connectivity index (χ3n) is 3.56. The summed E-state index contributed by atoms with van der Waals surface area (Å²) in [4.78, 5) is 26.0. The largest absolute Gasteiger partial charge is 0.355 e. The van der Waals surface area contributed by atoms with Crippen LogP contribution in [-0.4, -0.2) is 44.0 Å². The van der Waals surface area contributed by atoms with Crippen molar-refractivity contribution in [1.82, 2.24) is 30.3 Å². The highest BCUT2D eigenvalue weighted by molar-refractivity contribution is 5.76. The number of amides is 1. The Hall–Kier alpha value is -2.55. The van der Waals surface area contributed by atoms with Crippen LogP contribution in [0.15, 0.2) is 4.79 Å². The molecule has 124 valence electrons. The van der Waals surface area contributed by atoms with E-state index in [0.29, 0.717) is 31.6 Å². The van der Waals surface area contributed by atoms with Gasteiger partial charge in [0.2, 0.25) is 5.91 Å². The van der Waals surface area contributed by atoms with Gasteiger partial charge in [-0.1, -0.05) is 0 Å². The Morgan fingerprint density at radius 3 is 2.65 bits per heavy atom. The van der Waals surface area contributed by atoms with Crippen LogP contribution in [0.5, 0.6) is 0 Å². The first-order chi connectivity index (χ1) is 10.9. The van der Waals surface area contributed by atoms with Crippen molar-refractivity contribution in [2.45, 2.75) is 33.6 Å². The smallest absolute Gasteiger partial charge is 0.274 e. The zero-order chi connectivity index (χ0) is 17.0. The van der Waals surface area contributed by atoms with Gasteiger partial charge in [0.15, 0.2) is 0 Å². The van der Waals surface area contributed by atoms with Crippen LogP contribution < -0.4 is 16.6 Å². The van der Waals surface area contributed by atoms with E-state index in [1.54, 1.807) is 6.92 Å². The minimum atomic E-state index is -0.301. The number of aromatic nitrogens is 5. The summed E-state index contributed by atoms with van der Waals surface area (Å²) in [6.45, 7) is 6.20. The number of hydrogen-bond acceptors (Lipinski definition) is 6. The molecule has 9 heteroatoms. The number of H-pyrrole nitrogens is 1. The third-order valence-corrected chi connectivity index (χ3v) is 3.56. The highest BCUT2D eigenvalue weighted by Gasteiger charge is 2.15. The molecule has 0 saturated heterocycles. The first kappa shape index (κ1) is 16.8. The minimum Gasteiger partial charge on any atom is -0.355 e. The van der Waals surface area contributed by atoms with E-state index in [1.165, 1.54) is 4.68 Å². The average Bonchev–Trinajstić information content (AvgIpc) is 2.80. The molecule has 0 fully saturated rings. The van der Waals surface area contributed by atoms with Crippen LogP contribution in [0.4, 0.5) is 0 Å². The van der Waals surface area contributed by atoms with Gasteiger partial charge in [-0.25, -0.2) is 4.68 Å². The molecular weight excluding hydrogens is 298 g/mol. The summed E-state index contributed by atoms with van der Waals surface area (Å²) in [7, 11) is 0. The molecule has 2 rings (SSSR count). The first-order valence-electron chi connectivity index (χ1n) is 7.40. The van der Waals surface area contributed by atoms with E-state index < -0.39 is 0 Å². The van der Waals surface area contributed by atoms with Crippen LogP contribution in [0.2, 0.25) is 0 Å². The highest BCUT2D eigenvalue weighted by atomic mass is 16.1. The molecule has 23 heavy (non-hydrogen) atoms. The number of hydrogen-bond donors (Lipinski definition) is 3. The van der Waals surface area contributed by atoms with Crippen molar-refractivity contribution in [2.75, 3.05) is 13.1 Å². The summed E-state index contributed by atoms with van der Waals surface area (Å²) in [5.74, 6) is 0.213. The molecule has 1 amide bonds. The van der Waals surface area contributed by atoms with E-state index in [-0.39, 0.29) is 17.4 Å². The van der Waals surface area contributed by atoms with Crippen molar-refractivity contribution < 1.29 is 4.79 Å². The number of nitrogens with two attached hydrogens (primary N) is 1. The minimum absolute atomic E-state index is 0.0504. The number of carbonyl (C=O) groups is 1. The van der Waals surface area contributed by atoms with E-state index in [1.807, 2.05) is 13.8 Å². The number of nitrogens with zero attached hydrogens (tertiary/aromatic N) is 4. The summed E-state index contributed by atoms with van der Waals surface area (Å²) < 4.78 is 1.54. The van der Waals surface area contributed by atoms with Gasteiger partial charge in [0.05, 0.1) is 5.69 Å². The zero-order valence-corrected chi connectivity index (χ0v) is 13.5. The number of nitrogens with one attached hydrogen (secondary N) is 2. The molecule has 2 aromatic heterocycles. The summed E-state index contributed by atoms with van der Waals surface area (Å²) in [5, 5.41) is 14.9. The van der Waals surface area contributed by atoms with Gasteiger partial charge in [0.1, 0.15) is 5.69 Å². The third kappa shape index (κ3) is 3.81. The Labute approximate surface area is 133 Å². The van der Waals surface area contributed by atoms with Gasteiger partial charge < -0.3 is 11.1 Å². The molecule has 0 unspecified atom stereocenters. The van der Waals surface area contributed by atoms with Crippen molar-refractivity contribution in [3.8, 4) is 5.95 Å². The second-order valence-corrected chi connectivity index (χ2v) is 5.26. The Morgan fingerprint density at radius 2 is 2.00 bits per heavy atom. The van der Waals surface area contributed by atoms with Crippen molar-refractivity contribution in [2.24, 2.45) is 5.73 Å². The molecule has 0 aliphatic rings. The van der Waals surface area contributed by atoms with Gasteiger partial charge in [-0.3, -0.25) is 14.6 Å². The van der Waals surface area contributed by atoms with E-state index in [0.717, 1.165) is 17.0 Å². The number of aromatic amines is 1. The second kappa shape index (κ2) is 7.14. The lowest BCUT2D eigenvalue weighted by atomic mass is 10.1. The number of carbonyl (C=O) groups excluding carboxylic acids is 1. The van der Waals surface area contributed by atoms with Crippen molar-refractivity contribution in [1.29, 1.82) is 0 Å². The SMILES string of the molecule is Cc1nn(-c2nnc(C)c(=O)[nH]2)c(C)c1CCC(=O)NCCN. The van der Waals surface area contributed by atoms with Gasteiger partial charge in [-0.2, -0.15) is 5.10 Å². The number of rotatable bonds is 6. The molecule has 0 bridgehead atoms. The summed E-state index contributed by atoms with van der Waals surface area (Å²) in [6.07, 6.45) is 0.904. The highest BCUT2D eigenvalue weighted by Crippen LogP contribution is 2.17. The normalized spacial score (nSPS) is 10.8. The molecule has 9 nitrogen and oxygen atoms in total. The quantitative estimate of drug-likeness (QED) is 0.644. The van der Waals surface area contributed by atoms with Crippen LogP contribution in [0, 0.1) is 20.8 Å². The van der Waals surface area contributed by atoms with Crippen LogP contribution in [0.3, 0.4) is 0 Å². The van der Waals surface area contributed by atoms with Crippen LogP contribution >= 0.6 is 0 Å². The van der Waals surface area contributed by atoms with E-state index in [2.05, 4.69) is 25.6 Å². The summed E-state index contributed by atoms with van der Waals surface area (Å²) >= 11 is 0. The van der Waals surface area contributed by atoms with Crippen molar-refractivity contribution >= 4 is 5.91 Å². The molecule has 0 saturated carbocycles. The first-order valence-corrected chi connectivity index (χ1v) is 7.40. The fourth-order valence-electron chi connectivity index (χ4n) is 2.26.